The van der Waals surface area contributed by atoms with Crippen molar-refractivity contribution in [3.8, 4) is 0 Å². The number of anilines is 1. The highest BCUT2D eigenvalue weighted by molar-refractivity contribution is 7.98. The summed E-state index contributed by atoms with van der Waals surface area (Å²) in [6, 6.07) is 15.7. The van der Waals surface area contributed by atoms with Crippen LogP contribution in [0.25, 0.3) is 0 Å². The molecule has 2 aromatic rings. The molecule has 0 atom stereocenters. The quantitative estimate of drug-likeness (QED) is 0.657. The lowest BCUT2D eigenvalue weighted by Gasteiger charge is -2.06. The molecule has 0 aliphatic rings. The molecule has 0 bridgehead atoms. The number of hydrogen-bond donors (Lipinski definition) is 1. The van der Waals surface area contributed by atoms with Crippen molar-refractivity contribution < 1.29 is 0 Å². The van der Waals surface area contributed by atoms with Crippen LogP contribution in [0.5, 0.6) is 0 Å². The lowest BCUT2D eigenvalue weighted by molar-refractivity contribution is 1.38. The van der Waals surface area contributed by atoms with Gasteiger partial charge in [0.2, 0.25) is 0 Å². The average Bonchev–Trinajstić information content (AvgIpc) is 2.30. The van der Waals surface area contributed by atoms with E-state index in [9.17, 15) is 0 Å². The zero-order chi connectivity index (χ0) is 11.4. The van der Waals surface area contributed by atoms with Crippen LogP contribution in [-0.2, 0) is 5.75 Å². The molecule has 0 amide bonds. The van der Waals surface area contributed by atoms with Gasteiger partial charge in [0, 0.05) is 21.4 Å². The maximum absolute atomic E-state index is 6.09. The lowest BCUT2D eigenvalue weighted by atomic mass is 10.2. The van der Waals surface area contributed by atoms with Gasteiger partial charge in [-0.1, -0.05) is 41.9 Å². The van der Waals surface area contributed by atoms with E-state index in [4.69, 9.17) is 17.3 Å². The Bertz CT molecular complexity index is 443. The third kappa shape index (κ3) is 3.84. The number of nitrogens with two attached hydrogens (primary N) is 1. The van der Waals surface area contributed by atoms with Gasteiger partial charge in [-0.05, 0) is 23.8 Å². The molecule has 2 rings (SSSR count). The Labute approximate surface area is 117 Å². The van der Waals surface area contributed by atoms with Crippen molar-refractivity contribution in [1.29, 1.82) is 0 Å². The van der Waals surface area contributed by atoms with E-state index < -0.39 is 0 Å². The summed E-state index contributed by atoms with van der Waals surface area (Å²) in [6.45, 7) is 0. The predicted molar refractivity (Wildman–Crippen MR) is 79.1 cm³/mol. The Morgan fingerprint density at radius 2 is 1.65 bits per heavy atom. The number of para-hydroxylation sites is 1. The molecular formula is C13H13Cl2NS. The highest BCUT2D eigenvalue weighted by Gasteiger charge is 2.02. The maximum Gasteiger partial charge on any atom is 0.0452 e. The zero-order valence-electron chi connectivity index (χ0n) is 9.10. The molecule has 0 aliphatic carbocycles. The third-order valence-electron chi connectivity index (χ3n) is 2.26. The van der Waals surface area contributed by atoms with Crippen LogP contribution in [0.2, 0.25) is 5.02 Å². The second-order valence-electron chi connectivity index (χ2n) is 3.42. The minimum atomic E-state index is 0. The van der Waals surface area contributed by atoms with Crippen molar-refractivity contribution in [2.24, 2.45) is 0 Å². The molecule has 0 spiro atoms. The minimum absolute atomic E-state index is 0. The summed E-state index contributed by atoms with van der Waals surface area (Å²) in [5.41, 5.74) is 7.82. The number of hydrogen-bond acceptors (Lipinski definition) is 2. The van der Waals surface area contributed by atoms with Crippen molar-refractivity contribution >= 4 is 41.5 Å². The Morgan fingerprint density at radius 3 is 2.35 bits per heavy atom. The predicted octanol–water partition coefficient (Wildman–Crippen LogP) is 4.64. The van der Waals surface area contributed by atoms with E-state index in [2.05, 4.69) is 0 Å². The fraction of sp³-hybridized carbons (Fsp3) is 0.0769. The Kier molecular flexibility index (Phi) is 5.69. The fourth-order valence-electron chi connectivity index (χ4n) is 1.38. The van der Waals surface area contributed by atoms with E-state index in [1.807, 2.05) is 48.5 Å². The first-order chi connectivity index (χ1) is 7.77. The van der Waals surface area contributed by atoms with Crippen LogP contribution in [-0.4, -0.2) is 0 Å². The van der Waals surface area contributed by atoms with Crippen molar-refractivity contribution in [2.75, 3.05) is 5.73 Å². The van der Waals surface area contributed by atoms with Gasteiger partial charge in [-0.3, -0.25) is 0 Å². The van der Waals surface area contributed by atoms with Crippen molar-refractivity contribution in [3.63, 3.8) is 0 Å². The van der Waals surface area contributed by atoms with E-state index in [1.54, 1.807) is 11.8 Å². The summed E-state index contributed by atoms with van der Waals surface area (Å²) in [5.74, 6) is 0.841. The topological polar surface area (TPSA) is 26.0 Å². The second-order valence-corrected chi connectivity index (χ2v) is 4.84. The van der Waals surface area contributed by atoms with Crippen LogP contribution in [0.4, 0.5) is 5.69 Å². The molecule has 0 aromatic heterocycles. The summed E-state index contributed by atoms with van der Waals surface area (Å²) >= 11 is 7.79. The van der Waals surface area contributed by atoms with Crippen LogP contribution < -0.4 is 5.73 Å². The van der Waals surface area contributed by atoms with E-state index in [1.165, 1.54) is 0 Å². The summed E-state index contributed by atoms with van der Waals surface area (Å²) in [4.78, 5) is 1.10. The number of nitrogen functional groups attached to an aromatic ring is 1. The third-order valence-corrected chi connectivity index (χ3v) is 3.77. The van der Waals surface area contributed by atoms with Crippen LogP contribution in [0, 0.1) is 0 Å². The van der Waals surface area contributed by atoms with Gasteiger partial charge in [0.1, 0.15) is 0 Å². The number of halogens is 2. The van der Waals surface area contributed by atoms with Gasteiger partial charge in [0.05, 0.1) is 0 Å². The SMILES string of the molecule is Cl.Nc1ccccc1SCc1ccccc1Cl. The number of thioether (sulfide) groups is 1. The van der Waals surface area contributed by atoms with Crippen molar-refractivity contribution in [2.45, 2.75) is 10.6 Å². The normalized spacial score (nSPS) is 9.71. The minimum Gasteiger partial charge on any atom is -0.398 e. The molecule has 2 aromatic carbocycles. The molecule has 4 heteroatoms. The van der Waals surface area contributed by atoms with E-state index in [0.717, 1.165) is 26.9 Å². The maximum atomic E-state index is 6.09. The summed E-state index contributed by atoms with van der Waals surface area (Å²) < 4.78 is 0. The molecule has 17 heavy (non-hydrogen) atoms. The standard InChI is InChI=1S/C13H12ClNS.ClH/c14-11-6-2-1-5-10(11)9-16-13-8-4-3-7-12(13)15;/h1-8H,9,15H2;1H. The molecule has 0 aliphatic heterocycles. The van der Waals surface area contributed by atoms with Gasteiger partial charge in [-0.2, -0.15) is 0 Å². The molecule has 2 N–H and O–H groups in total. The van der Waals surface area contributed by atoms with Gasteiger partial charge in [0.25, 0.3) is 0 Å². The average molecular weight is 286 g/mol. The molecule has 1 nitrogen and oxygen atoms in total. The molecule has 0 saturated carbocycles. The van der Waals surface area contributed by atoms with E-state index in [0.29, 0.717) is 0 Å². The highest BCUT2D eigenvalue weighted by Crippen LogP contribution is 2.29. The van der Waals surface area contributed by atoms with Gasteiger partial charge < -0.3 is 5.73 Å². The molecule has 0 saturated heterocycles. The second kappa shape index (κ2) is 6.80. The summed E-state index contributed by atoms with van der Waals surface area (Å²) in [5, 5.41) is 0.810. The first-order valence-electron chi connectivity index (χ1n) is 4.98. The largest absolute Gasteiger partial charge is 0.398 e. The molecule has 0 heterocycles. The van der Waals surface area contributed by atoms with Crippen molar-refractivity contribution in [1.82, 2.24) is 0 Å². The first kappa shape index (κ1) is 14.2. The van der Waals surface area contributed by atoms with E-state index in [-0.39, 0.29) is 12.4 Å². The highest BCUT2D eigenvalue weighted by atomic mass is 35.5. The lowest BCUT2D eigenvalue weighted by Crippen LogP contribution is -1.88. The smallest absolute Gasteiger partial charge is 0.0452 e. The van der Waals surface area contributed by atoms with Gasteiger partial charge in [-0.15, -0.1) is 24.2 Å². The van der Waals surface area contributed by atoms with Gasteiger partial charge in [-0.25, -0.2) is 0 Å². The monoisotopic (exact) mass is 285 g/mol. The Hall–Kier alpha value is -0.830. The Balaban J connectivity index is 0.00000144. The van der Waals surface area contributed by atoms with Crippen LogP contribution in [0.1, 0.15) is 5.56 Å². The van der Waals surface area contributed by atoms with Crippen LogP contribution in [0.15, 0.2) is 53.4 Å². The van der Waals surface area contributed by atoms with Crippen LogP contribution in [0.3, 0.4) is 0 Å². The fourth-order valence-corrected chi connectivity index (χ4v) is 2.64. The molecule has 90 valence electrons. The molecular weight excluding hydrogens is 273 g/mol. The summed E-state index contributed by atoms with van der Waals surface area (Å²) in [7, 11) is 0. The first-order valence-corrected chi connectivity index (χ1v) is 6.34. The molecule has 0 radical (unpaired) electrons. The molecule has 0 fully saturated rings. The van der Waals surface area contributed by atoms with Crippen LogP contribution >= 0.6 is 35.8 Å². The number of benzene rings is 2. The Morgan fingerprint density at radius 1 is 1.00 bits per heavy atom. The summed E-state index contributed by atoms with van der Waals surface area (Å²) in [6.07, 6.45) is 0. The zero-order valence-corrected chi connectivity index (χ0v) is 11.5. The molecule has 0 unspecified atom stereocenters. The van der Waals surface area contributed by atoms with E-state index >= 15 is 0 Å². The van der Waals surface area contributed by atoms with Gasteiger partial charge >= 0.3 is 0 Å². The van der Waals surface area contributed by atoms with Crippen molar-refractivity contribution in [3.05, 3.63) is 59.1 Å². The number of rotatable bonds is 3. The van der Waals surface area contributed by atoms with Gasteiger partial charge in [0.15, 0.2) is 0 Å².